The number of amides is 1. The number of aryl methyl sites for hydroxylation is 2. The third kappa shape index (κ3) is 4.94. The zero-order valence-corrected chi connectivity index (χ0v) is 17.6. The summed E-state index contributed by atoms with van der Waals surface area (Å²) < 4.78 is 0. The van der Waals surface area contributed by atoms with Crippen molar-refractivity contribution >= 4 is 5.91 Å². The number of hydrogen-bond acceptors (Lipinski definition) is 4. The molecule has 6 heteroatoms. The number of nitrogens with one attached hydrogen (secondary N) is 1. The van der Waals surface area contributed by atoms with Crippen LogP contribution in [0.4, 0.5) is 0 Å². The van der Waals surface area contributed by atoms with Crippen LogP contribution in [0.25, 0.3) is 0 Å². The van der Waals surface area contributed by atoms with Crippen molar-refractivity contribution in [2.45, 2.75) is 77.6 Å². The van der Waals surface area contributed by atoms with E-state index in [1.54, 1.807) is 0 Å². The van der Waals surface area contributed by atoms with E-state index >= 15 is 0 Å². The van der Waals surface area contributed by atoms with Crippen LogP contribution in [-0.4, -0.2) is 63.6 Å². The first-order valence-electron chi connectivity index (χ1n) is 11.5. The predicted molar refractivity (Wildman–Crippen MR) is 110 cm³/mol. The minimum absolute atomic E-state index is 0.277. The van der Waals surface area contributed by atoms with E-state index in [1.807, 2.05) is 6.92 Å². The van der Waals surface area contributed by atoms with Crippen molar-refractivity contribution in [1.29, 1.82) is 0 Å². The Labute approximate surface area is 169 Å². The second kappa shape index (κ2) is 8.93. The molecule has 1 spiro atoms. The molecule has 1 N–H and O–H groups in total. The summed E-state index contributed by atoms with van der Waals surface area (Å²) in [5.74, 6) is 2.82. The maximum absolute atomic E-state index is 12.7. The Morgan fingerprint density at radius 2 is 2.00 bits per heavy atom. The van der Waals surface area contributed by atoms with Gasteiger partial charge in [0.05, 0.1) is 0 Å². The molecule has 0 unspecified atom stereocenters. The molecule has 3 heterocycles. The third-order valence-electron chi connectivity index (χ3n) is 7.32. The molecule has 1 aromatic rings. The summed E-state index contributed by atoms with van der Waals surface area (Å²) >= 11 is 0. The summed E-state index contributed by atoms with van der Waals surface area (Å²) in [5.41, 5.74) is 0.349. The molecule has 3 aliphatic rings. The van der Waals surface area contributed by atoms with Gasteiger partial charge in [-0.2, -0.15) is 5.10 Å². The standard InChI is InChI=1S/C22H37N5O/c1-18-23-20(25-24-18)8-9-21(28)27-15-12-22(17-27)11-5-13-26(16-22)14-10-19-6-3-2-4-7-19/h19H,2-17H2,1H3,(H,23,24,25)/t22-/m0/s1. The minimum Gasteiger partial charge on any atom is -0.342 e. The molecular weight excluding hydrogens is 350 g/mol. The van der Waals surface area contributed by atoms with E-state index in [-0.39, 0.29) is 5.91 Å². The minimum atomic E-state index is 0.277. The summed E-state index contributed by atoms with van der Waals surface area (Å²) in [4.78, 5) is 21.9. The van der Waals surface area contributed by atoms with E-state index < -0.39 is 0 Å². The fourth-order valence-corrected chi connectivity index (χ4v) is 5.70. The normalized spacial score (nSPS) is 27.0. The van der Waals surface area contributed by atoms with Gasteiger partial charge in [-0.15, -0.1) is 0 Å². The van der Waals surface area contributed by atoms with Crippen LogP contribution in [0.1, 0.15) is 75.9 Å². The molecule has 3 fully saturated rings. The van der Waals surface area contributed by atoms with Gasteiger partial charge in [0.15, 0.2) is 5.82 Å². The summed E-state index contributed by atoms with van der Waals surface area (Å²) in [7, 11) is 0. The lowest BCUT2D eigenvalue weighted by atomic mass is 9.79. The van der Waals surface area contributed by atoms with Crippen LogP contribution in [0.2, 0.25) is 0 Å². The molecule has 0 aromatic carbocycles. The molecule has 4 rings (SSSR count). The molecule has 0 bridgehead atoms. The Balaban J connectivity index is 1.23. The number of rotatable bonds is 6. The summed E-state index contributed by atoms with van der Waals surface area (Å²) in [6.07, 6.45) is 13.5. The van der Waals surface area contributed by atoms with Crippen molar-refractivity contribution in [3.63, 3.8) is 0 Å². The maximum atomic E-state index is 12.7. The Kier molecular flexibility index (Phi) is 6.34. The summed E-state index contributed by atoms with van der Waals surface area (Å²) in [6.45, 7) is 7.51. The zero-order chi connectivity index (χ0) is 19.4. The topological polar surface area (TPSA) is 65.1 Å². The molecule has 1 aromatic heterocycles. The fourth-order valence-electron chi connectivity index (χ4n) is 5.70. The van der Waals surface area contributed by atoms with Gasteiger partial charge in [-0.3, -0.25) is 9.89 Å². The number of likely N-dealkylation sites (tertiary alicyclic amines) is 2. The molecule has 0 radical (unpaired) electrons. The number of hydrogen-bond donors (Lipinski definition) is 1. The number of H-pyrrole nitrogens is 1. The summed E-state index contributed by atoms with van der Waals surface area (Å²) in [6, 6.07) is 0. The van der Waals surface area contributed by atoms with Gasteiger partial charge >= 0.3 is 0 Å². The number of carbonyl (C=O) groups is 1. The van der Waals surface area contributed by atoms with E-state index in [0.29, 0.717) is 18.3 Å². The van der Waals surface area contributed by atoms with Crippen LogP contribution in [0.3, 0.4) is 0 Å². The monoisotopic (exact) mass is 387 g/mol. The third-order valence-corrected chi connectivity index (χ3v) is 7.32. The number of aromatic nitrogens is 3. The van der Waals surface area contributed by atoms with Crippen LogP contribution in [0.15, 0.2) is 0 Å². The Morgan fingerprint density at radius 1 is 1.14 bits per heavy atom. The summed E-state index contributed by atoms with van der Waals surface area (Å²) in [5, 5.41) is 7.01. The average molecular weight is 388 g/mol. The molecule has 6 nitrogen and oxygen atoms in total. The lowest BCUT2D eigenvalue weighted by Crippen LogP contribution is -2.45. The van der Waals surface area contributed by atoms with E-state index in [1.165, 1.54) is 77.4 Å². The van der Waals surface area contributed by atoms with Crippen LogP contribution >= 0.6 is 0 Å². The highest BCUT2D eigenvalue weighted by Gasteiger charge is 2.42. The van der Waals surface area contributed by atoms with Gasteiger partial charge in [0, 0.05) is 37.9 Å². The van der Waals surface area contributed by atoms with E-state index in [4.69, 9.17) is 0 Å². The molecule has 2 aliphatic heterocycles. The number of piperidine rings is 1. The Hall–Kier alpha value is -1.43. The van der Waals surface area contributed by atoms with Gasteiger partial charge in [-0.25, -0.2) is 4.98 Å². The van der Waals surface area contributed by atoms with Crippen LogP contribution in [0, 0.1) is 18.3 Å². The average Bonchev–Trinajstić information content (AvgIpc) is 3.32. The first-order chi connectivity index (χ1) is 13.6. The molecule has 156 valence electrons. The Bertz CT molecular complexity index is 653. The molecule has 1 atom stereocenters. The lowest BCUT2D eigenvalue weighted by molar-refractivity contribution is -0.130. The predicted octanol–water partition coefficient (Wildman–Crippen LogP) is 3.33. The first kappa shape index (κ1) is 19.9. The number of nitrogens with zero attached hydrogens (tertiary/aromatic N) is 4. The highest BCUT2D eigenvalue weighted by molar-refractivity contribution is 5.76. The van der Waals surface area contributed by atoms with Crippen molar-refractivity contribution in [2.24, 2.45) is 11.3 Å². The van der Waals surface area contributed by atoms with Crippen molar-refractivity contribution in [3.05, 3.63) is 11.6 Å². The molecule has 1 amide bonds. The van der Waals surface area contributed by atoms with Crippen molar-refractivity contribution in [1.82, 2.24) is 25.0 Å². The Morgan fingerprint density at radius 3 is 2.79 bits per heavy atom. The van der Waals surface area contributed by atoms with Gasteiger partial charge in [0.25, 0.3) is 0 Å². The van der Waals surface area contributed by atoms with Gasteiger partial charge in [0.1, 0.15) is 5.82 Å². The van der Waals surface area contributed by atoms with E-state index in [2.05, 4.69) is 25.0 Å². The van der Waals surface area contributed by atoms with Gasteiger partial charge in [-0.1, -0.05) is 32.1 Å². The molecule has 1 saturated carbocycles. The quantitative estimate of drug-likeness (QED) is 0.813. The molecule has 1 aliphatic carbocycles. The van der Waals surface area contributed by atoms with Crippen molar-refractivity contribution < 1.29 is 4.79 Å². The van der Waals surface area contributed by atoms with Crippen LogP contribution in [-0.2, 0) is 11.2 Å². The largest absolute Gasteiger partial charge is 0.342 e. The van der Waals surface area contributed by atoms with E-state index in [0.717, 1.165) is 30.7 Å². The first-order valence-corrected chi connectivity index (χ1v) is 11.5. The second-order valence-corrected chi connectivity index (χ2v) is 9.57. The molecule has 2 saturated heterocycles. The fraction of sp³-hybridized carbons (Fsp3) is 0.864. The number of aromatic amines is 1. The van der Waals surface area contributed by atoms with Gasteiger partial charge < -0.3 is 9.80 Å². The van der Waals surface area contributed by atoms with Crippen LogP contribution < -0.4 is 0 Å². The second-order valence-electron chi connectivity index (χ2n) is 9.57. The lowest BCUT2D eigenvalue weighted by Gasteiger charge is -2.41. The van der Waals surface area contributed by atoms with Crippen LogP contribution in [0.5, 0.6) is 0 Å². The van der Waals surface area contributed by atoms with Gasteiger partial charge in [0.2, 0.25) is 5.91 Å². The SMILES string of the molecule is Cc1nc(CCC(=O)N2CC[C@]3(CCCN(CCC4CCCCC4)C3)C2)n[nH]1. The smallest absolute Gasteiger partial charge is 0.223 e. The molecular formula is C22H37N5O. The molecule has 28 heavy (non-hydrogen) atoms. The van der Waals surface area contributed by atoms with Gasteiger partial charge in [-0.05, 0) is 51.6 Å². The maximum Gasteiger partial charge on any atom is 0.223 e. The van der Waals surface area contributed by atoms with Crippen molar-refractivity contribution in [3.8, 4) is 0 Å². The highest BCUT2D eigenvalue weighted by Crippen LogP contribution is 2.39. The highest BCUT2D eigenvalue weighted by atomic mass is 16.2. The zero-order valence-electron chi connectivity index (χ0n) is 17.6. The van der Waals surface area contributed by atoms with Crippen molar-refractivity contribution in [2.75, 3.05) is 32.7 Å². The number of carbonyl (C=O) groups excluding carboxylic acids is 1. The van der Waals surface area contributed by atoms with E-state index in [9.17, 15) is 4.79 Å².